The van der Waals surface area contributed by atoms with Crippen molar-refractivity contribution < 1.29 is 4.39 Å². The second-order valence-electron chi connectivity index (χ2n) is 3.88. The SMILES string of the molecule is Fc1ccc2[nH]c(=S)n(Cc3ccc(Cl)s3)c2c1. The van der Waals surface area contributed by atoms with Gasteiger partial charge in [0.2, 0.25) is 0 Å². The summed E-state index contributed by atoms with van der Waals surface area (Å²) in [6.45, 7) is 0.597. The zero-order valence-electron chi connectivity index (χ0n) is 9.11. The van der Waals surface area contributed by atoms with E-state index in [-0.39, 0.29) is 5.82 Å². The van der Waals surface area contributed by atoms with Gasteiger partial charge in [0.05, 0.1) is 21.9 Å². The first-order valence-corrected chi connectivity index (χ1v) is 6.86. The number of benzene rings is 1. The molecule has 0 amide bonds. The lowest BCUT2D eigenvalue weighted by Gasteiger charge is -2.02. The van der Waals surface area contributed by atoms with Gasteiger partial charge in [-0.25, -0.2) is 4.39 Å². The molecule has 1 aromatic carbocycles. The third kappa shape index (κ3) is 2.09. The van der Waals surface area contributed by atoms with Crippen LogP contribution in [0.1, 0.15) is 4.88 Å². The van der Waals surface area contributed by atoms with Gasteiger partial charge < -0.3 is 9.55 Å². The highest BCUT2D eigenvalue weighted by atomic mass is 35.5. The van der Waals surface area contributed by atoms with Gasteiger partial charge in [0.15, 0.2) is 4.77 Å². The van der Waals surface area contributed by atoms with Crippen LogP contribution in [0, 0.1) is 10.6 Å². The lowest BCUT2D eigenvalue weighted by atomic mass is 10.3. The normalized spacial score (nSPS) is 11.2. The molecule has 0 aliphatic carbocycles. The molecule has 1 N–H and O–H groups in total. The fourth-order valence-corrected chi connectivity index (χ4v) is 3.22. The number of H-pyrrole nitrogens is 1. The molecule has 92 valence electrons. The van der Waals surface area contributed by atoms with Crippen molar-refractivity contribution in [2.45, 2.75) is 6.54 Å². The number of aromatic nitrogens is 2. The third-order valence-electron chi connectivity index (χ3n) is 2.68. The van der Waals surface area contributed by atoms with Crippen LogP contribution in [-0.4, -0.2) is 9.55 Å². The Bertz CT molecular complexity index is 772. The molecule has 0 atom stereocenters. The fraction of sp³-hybridized carbons (Fsp3) is 0.0833. The van der Waals surface area contributed by atoms with E-state index in [1.807, 2.05) is 16.7 Å². The maximum atomic E-state index is 13.3. The predicted octanol–water partition coefficient (Wildman–Crippen LogP) is 4.60. The van der Waals surface area contributed by atoms with Gasteiger partial charge in [-0.05, 0) is 42.5 Å². The van der Waals surface area contributed by atoms with Gasteiger partial charge in [0, 0.05) is 4.88 Å². The molecule has 0 bridgehead atoms. The van der Waals surface area contributed by atoms with Crippen molar-refractivity contribution in [3.05, 3.63) is 50.1 Å². The zero-order valence-corrected chi connectivity index (χ0v) is 11.5. The first-order valence-electron chi connectivity index (χ1n) is 5.26. The van der Waals surface area contributed by atoms with Crippen LogP contribution in [0.4, 0.5) is 4.39 Å². The Hall–Kier alpha value is -1.17. The number of halogens is 2. The summed E-state index contributed by atoms with van der Waals surface area (Å²) >= 11 is 12.7. The van der Waals surface area contributed by atoms with Gasteiger partial charge in [-0.2, -0.15) is 0 Å². The number of rotatable bonds is 2. The van der Waals surface area contributed by atoms with Crippen molar-refractivity contribution in [3.8, 4) is 0 Å². The zero-order chi connectivity index (χ0) is 12.7. The molecule has 2 aromatic heterocycles. The largest absolute Gasteiger partial charge is 0.331 e. The Balaban J connectivity index is 2.13. The van der Waals surface area contributed by atoms with Crippen LogP contribution >= 0.6 is 35.2 Å². The molecule has 0 saturated heterocycles. The van der Waals surface area contributed by atoms with Gasteiger partial charge in [0.1, 0.15) is 5.82 Å². The molecule has 0 saturated carbocycles. The van der Waals surface area contributed by atoms with E-state index < -0.39 is 0 Å². The van der Waals surface area contributed by atoms with E-state index in [9.17, 15) is 4.39 Å². The van der Waals surface area contributed by atoms with Crippen LogP contribution in [0.25, 0.3) is 11.0 Å². The number of thiophene rings is 1. The van der Waals surface area contributed by atoms with E-state index in [1.54, 1.807) is 6.07 Å². The highest BCUT2D eigenvalue weighted by molar-refractivity contribution is 7.71. The second kappa shape index (κ2) is 4.50. The van der Waals surface area contributed by atoms with Crippen LogP contribution < -0.4 is 0 Å². The molecule has 0 aliphatic heterocycles. The number of fused-ring (bicyclic) bond motifs is 1. The molecular weight excluding hydrogens is 291 g/mol. The molecular formula is C12H8ClFN2S2. The maximum Gasteiger partial charge on any atom is 0.178 e. The Morgan fingerprint density at radius 1 is 1.33 bits per heavy atom. The first kappa shape index (κ1) is 11.9. The summed E-state index contributed by atoms with van der Waals surface area (Å²) in [4.78, 5) is 4.15. The van der Waals surface area contributed by atoms with Crippen LogP contribution in [0.3, 0.4) is 0 Å². The number of imidazole rings is 1. The molecule has 3 rings (SSSR count). The summed E-state index contributed by atoms with van der Waals surface area (Å²) < 4.78 is 16.5. The van der Waals surface area contributed by atoms with Gasteiger partial charge in [0.25, 0.3) is 0 Å². The molecule has 2 nitrogen and oxygen atoms in total. The average Bonchev–Trinajstić information content (AvgIpc) is 2.86. The Kier molecular flexibility index (Phi) is 2.97. The van der Waals surface area contributed by atoms with E-state index >= 15 is 0 Å². The number of hydrogen-bond acceptors (Lipinski definition) is 2. The van der Waals surface area contributed by atoms with E-state index in [4.69, 9.17) is 23.8 Å². The Labute approximate surface area is 117 Å². The summed E-state index contributed by atoms with van der Waals surface area (Å²) in [7, 11) is 0. The second-order valence-corrected chi connectivity index (χ2v) is 6.07. The van der Waals surface area contributed by atoms with Crippen LogP contribution in [-0.2, 0) is 6.54 Å². The lowest BCUT2D eigenvalue weighted by molar-refractivity contribution is 0.628. The predicted molar refractivity (Wildman–Crippen MR) is 75.5 cm³/mol. The highest BCUT2D eigenvalue weighted by Crippen LogP contribution is 2.24. The quantitative estimate of drug-likeness (QED) is 0.686. The van der Waals surface area contributed by atoms with Crippen molar-refractivity contribution in [1.82, 2.24) is 9.55 Å². The van der Waals surface area contributed by atoms with Crippen molar-refractivity contribution in [3.63, 3.8) is 0 Å². The van der Waals surface area contributed by atoms with Crippen molar-refractivity contribution in [2.24, 2.45) is 0 Å². The van der Waals surface area contributed by atoms with Gasteiger partial charge in [-0.15, -0.1) is 11.3 Å². The summed E-state index contributed by atoms with van der Waals surface area (Å²) in [6.07, 6.45) is 0. The molecule has 3 aromatic rings. The Morgan fingerprint density at radius 3 is 2.89 bits per heavy atom. The van der Waals surface area contributed by atoms with Gasteiger partial charge in [-0.1, -0.05) is 11.6 Å². The molecule has 2 heterocycles. The van der Waals surface area contributed by atoms with Gasteiger partial charge in [-0.3, -0.25) is 0 Å². The van der Waals surface area contributed by atoms with E-state index in [0.29, 0.717) is 11.3 Å². The van der Waals surface area contributed by atoms with Crippen LogP contribution in [0.15, 0.2) is 30.3 Å². The Morgan fingerprint density at radius 2 is 2.17 bits per heavy atom. The lowest BCUT2D eigenvalue weighted by Crippen LogP contribution is -1.97. The molecule has 0 radical (unpaired) electrons. The fourth-order valence-electron chi connectivity index (χ4n) is 1.88. The molecule has 6 heteroatoms. The molecule has 0 fully saturated rings. The van der Waals surface area contributed by atoms with Crippen molar-refractivity contribution in [1.29, 1.82) is 0 Å². The highest BCUT2D eigenvalue weighted by Gasteiger charge is 2.07. The van der Waals surface area contributed by atoms with E-state index in [0.717, 1.165) is 20.2 Å². The van der Waals surface area contributed by atoms with E-state index in [2.05, 4.69) is 4.98 Å². The van der Waals surface area contributed by atoms with Crippen molar-refractivity contribution >= 4 is 46.2 Å². The number of nitrogens with zero attached hydrogens (tertiary/aromatic N) is 1. The summed E-state index contributed by atoms with van der Waals surface area (Å²) in [6, 6.07) is 8.39. The minimum Gasteiger partial charge on any atom is -0.331 e. The molecule has 0 spiro atoms. The first-order chi connectivity index (χ1) is 8.63. The smallest absolute Gasteiger partial charge is 0.178 e. The van der Waals surface area contributed by atoms with Crippen LogP contribution in [0.5, 0.6) is 0 Å². The number of nitrogens with one attached hydrogen (secondary N) is 1. The van der Waals surface area contributed by atoms with Crippen LogP contribution in [0.2, 0.25) is 4.34 Å². The topological polar surface area (TPSA) is 20.7 Å². The summed E-state index contributed by atoms with van der Waals surface area (Å²) in [5.41, 5.74) is 1.61. The minimum absolute atomic E-state index is 0.269. The maximum absolute atomic E-state index is 13.3. The standard InChI is InChI=1S/C12H8ClFN2S2/c13-11-4-2-8(18-11)6-16-10-5-7(14)1-3-9(10)15-12(16)17/h1-5H,6H2,(H,15,17). The molecule has 18 heavy (non-hydrogen) atoms. The number of hydrogen-bond donors (Lipinski definition) is 1. The third-order valence-corrected chi connectivity index (χ3v) is 4.22. The number of aromatic amines is 1. The van der Waals surface area contributed by atoms with Gasteiger partial charge >= 0.3 is 0 Å². The van der Waals surface area contributed by atoms with Crippen molar-refractivity contribution in [2.75, 3.05) is 0 Å². The monoisotopic (exact) mass is 298 g/mol. The van der Waals surface area contributed by atoms with E-state index in [1.165, 1.54) is 23.5 Å². The minimum atomic E-state index is -0.269. The summed E-state index contributed by atoms with van der Waals surface area (Å²) in [5.74, 6) is -0.269. The molecule has 0 unspecified atom stereocenters. The average molecular weight is 299 g/mol. The molecule has 0 aliphatic rings. The summed E-state index contributed by atoms with van der Waals surface area (Å²) in [5, 5.41) is 0.